The summed E-state index contributed by atoms with van der Waals surface area (Å²) in [5, 5.41) is 1.06. The number of likely N-dealkylation sites (N-methyl/N-ethyl adjacent to an activating group) is 1. The van der Waals surface area contributed by atoms with Crippen LogP contribution in [-0.4, -0.2) is 31.8 Å². The summed E-state index contributed by atoms with van der Waals surface area (Å²) in [7, 11) is 2.05. The van der Waals surface area contributed by atoms with Crippen molar-refractivity contribution in [1.82, 2.24) is 4.98 Å². The molecule has 1 aliphatic carbocycles. The van der Waals surface area contributed by atoms with Crippen LogP contribution in [0.3, 0.4) is 0 Å². The molecule has 0 spiro atoms. The van der Waals surface area contributed by atoms with E-state index < -0.39 is 0 Å². The van der Waals surface area contributed by atoms with Crippen LogP contribution in [0.1, 0.15) is 12.8 Å². The van der Waals surface area contributed by atoms with Gasteiger partial charge in [0.15, 0.2) is 0 Å². The molecule has 0 amide bonds. The number of nitrogen functional groups attached to an aromatic ring is 1. The van der Waals surface area contributed by atoms with Crippen LogP contribution in [0.15, 0.2) is 28.9 Å². The van der Waals surface area contributed by atoms with Crippen molar-refractivity contribution in [3.05, 3.63) is 28.9 Å². The highest BCUT2D eigenvalue weighted by atomic mass is 79.9. The molecular formula is C16H20BrN3O. The van der Waals surface area contributed by atoms with Gasteiger partial charge in [-0.2, -0.15) is 0 Å². The van der Waals surface area contributed by atoms with Gasteiger partial charge >= 0.3 is 0 Å². The van der Waals surface area contributed by atoms with Gasteiger partial charge in [-0.25, -0.2) is 0 Å². The molecule has 1 fully saturated rings. The number of nitrogens with two attached hydrogens (primary N) is 1. The fourth-order valence-corrected chi connectivity index (χ4v) is 2.80. The Morgan fingerprint density at radius 2 is 2.24 bits per heavy atom. The summed E-state index contributed by atoms with van der Waals surface area (Å²) in [6, 6.07) is 6.06. The Labute approximate surface area is 133 Å². The Balaban J connectivity index is 1.76. The van der Waals surface area contributed by atoms with Gasteiger partial charge in [0.2, 0.25) is 0 Å². The number of hydrogen-bond acceptors (Lipinski definition) is 4. The molecule has 2 aromatic rings. The highest BCUT2D eigenvalue weighted by Crippen LogP contribution is 2.32. The fraction of sp³-hybridized carbons (Fsp3) is 0.438. The molecule has 1 heterocycles. The van der Waals surface area contributed by atoms with E-state index in [-0.39, 0.29) is 0 Å². The first kappa shape index (κ1) is 14.6. The van der Waals surface area contributed by atoms with Crippen LogP contribution in [-0.2, 0) is 4.74 Å². The molecule has 0 aliphatic heterocycles. The lowest BCUT2D eigenvalue weighted by Crippen LogP contribution is -2.24. The normalized spacial score (nSPS) is 14.6. The van der Waals surface area contributed by atoms with Gasteiger partial charge in [-0.05, 0) is 37.0 Å². The third-order valence-corrected chi connectivity index (χ3v) is 4.33. The van der Waals surface area contributed by atoms with E-state index in [4.69, 9.17) is 10.5 Å². The first-order chi connectivity index (χ1) is 10.1. The zero-order chi connectivity index (χ0) is 14.8. The summed E-state index contributed by atoms with van der Waals surface area (Å²) in [5.74, 6) is 0.804. The van der Waals surface area contributed by atoms with E-state index in [0.717, 1.165) is 46.7 Å². The predicted molar refractivity (Wildman–Crippen MR) is 90.7 cm³/mol. The average Bonchev–Trinajstić information content (AvgIpc) is 3.27. The molecule has 0 atom stereocenters. The Morgan fingerprint density at radius 3 is 3.00 bits per heavy atom. The third-order valence-electron chi connectivity index (χ3n) is 3.83. The van der Waals surface area contributed by atoms with Crippen molar-refractivity contribution in [1.29, 1.82) is 0 Å². The molecule has 4 nitrogen and oxygen atoms in total. The molecular weight excluding hydrogens is 330 g/mol. The number of nitrogens with zero attached hydrogens (tertiary/aromatic N) is 2. The van der Waals surface area contributed by atoms with Crippen LogP contribution in [0.25, 0.3) is 10.9 Å². The standard InChI is InChI=1S/C16H20BrN3O/c1-20(6-7-21-10-11-2-3-11)16-13-8-12(17)4-5-15(13)19-9-14(16)18/h4-5,8-9,11H,2-3,6-7,10,18H2,1H3. The van der Waals surface area contributed by atoms with Crippen molar-refractivity contribution in [3.8, 4) is 0 Å². The number of anilines is 2. The lowest BCUT2D eigenvalue weighted by atomic mass is 10.1. The average molecular weight is 350 g/mol. The Hall–Kier alpha value is -1.33. The minimum atomic E-state index is 0.699. The Morgan fingerprint density at radius 1 is 1.43 bits per heavy atom. The lowest BCUT2D eigenvalue weighted by Gasteiger charge is -2.22. The minimum Gasteiger partial charge on any atom is -0.396 e. The van der Waals surface area contributed by atoms with Gasteiger partial charge in [0.1, 0.15) is 0 Å². The zero-order valence-corrected chi connectivity index (χ0v) is 13.8. The zero-order valence-electron chi connectivity index (χ0n) is 12.2. The van der Waals surface area contributed by atoms with Crippen molar-refractivity contribution in [2.45, 2.75) is 12.8 Å². The highest BCUT2D eigenvalue weighted by molar-refractivity contribution is 9.10. The van der Waals surface area contributed by atoms with Gasteiger partial charge < -0.3 is 15.4 Å². The molecule has 2 N–H and O–H groups in total. The SMILES string of the molecule is CN(CCOCC1CC1)c1c(N)cnc2ccc(Br)cc12. The van der Waals surface area contributed by atoms with Crippen molar-refractivity contribution in [2.24, 2.45) is 5.92 Å². The smallest absolute Gasteiger partial charge is 0.0745 e. The molecule has 0 saturated heterocycles. The third kappa shape index (κ3) is 3.47. The number of halogens is 1. The van der Waals surface area contributed by atoms with Crippen LogP contribution < -0.4 is 10.6 Å². The van der Waals surface area contributed by atoms with E-state index in [1.165, 1.54) is 12.8 Å². The quantitative estimate of drug-likeness (QED) is 0.811. The number of benzene rings is 1. The first-order valence-corrected chi connectivity index (χ1v) is 8.07. The maximum atomic E-state index is 6.14. The minimum absolute atomic E-state index is 0.699. The maximum absolute atomic E-state index is 6.14. The predicted octanol–water partition coefficient (Wildman–Crippen LogP) is 3.44. The van der Waals surface area contributed by atoms with Crippen LogP contribution in [0.4, 0.5) is 11.4 Å². The lowest BCUT2D eigenvalue weighted by molar-refractivity contribution is 0.131. The highest BCUT2D eigenvalue weighted by Gasteiger charge is 2.21. The number of pyridine rings is 1. The summed E-state index contributed by atoms with van der Waals surface area (Å²) in [4.78, 5) is 6.54. The number of ether oxygens (including phenoxy) is 1. The second kappa shape index (κ2) is 6.20. The monoisotopic (exact) mass is 349 g/mol. The molecule has 5 heteroatoms. The summed E-state index contributed by atoms with van der Waals surface area (Å²) in [6.07, 6.45) is 4.38. The first-order valence-electron chi connectivity index (χ1n) is 7.28. The summed E-state index contributed by atoms with van der Waals surface area (Å²) in [6.45, 7) is 2.44. The molecule has 1 aromatic carbocycles. The number of rotatable bonds is 6. The summed E-state index contributed by atoms with van der Waals surface area (Å²) < 4.78 is 6.75. The summed E-state index contributed by atoms with van der Waals surface area (Å²) >= 11 is 3.52. The molecule has 0 radical (unpaired) electrons. The molecule has 21 heavy (non-hydrogen) atoms. The molecule has 1 aromatic heterocycles. The van der Waals surface area contributed by atoms with E-state index in [9.17, 15) is 0 Å². The van der Waals surface area contributed by atoms with E-state index in [0.29, 0.717) is 5.69 Å². The van der Waals surface area contributed by atoms with E-state index in [1.54, 1.807) is 6.20 Å². The fourth-order valence-electron chi connectivity index (χ4n) is 2.44. The topological polar surface area (TPSA) is 51.4 Å². The largest absolute Gasteiger partial charge is 0.396 e. The number of hydrogen-bond donors (Lipinski definition) is 1. The Kier molecular flexibility index (Phi) is 4.31. The summed E-state index contributed by atoms with van der Waals surface area (Å²) in [5.41, 5.74) is 8.82. The van der Waals surface area contributed by atoms with Gasteiger partial charge in [-0.15, -0.1) is 0 Å². The molecule has 0 bridgehead atoms. The number of aromatic nitrogens is 1. The van der Waals surface area contributed by atoms with Crippen LogP contribution >= 0.6 is 15.9 Å². The van der Waals surface area contributed by atoms with Crippen LogP contribution in [0, 0.1) is 5.92 Å². The van der Waals surface area contributed by atoms with Crippen LogP contribution in [0.5, 0.6) is 0 Å². The molecule has 0 unspecified atom stereocenters. The van der Waals surface area contributed by atoms with E-state index >= 15 is 0 Å². The second-order valence-electron chi connectivity index (χ2n) is 5.66. The molecule has 112 valence electrons. The van der Waals surface area contributed by atoms with Crippen molar-refractivity contribution in [2.75, 3.05) is 37.4 Å². The Bertz CT molecular complexity index is 637. The molecule has 1 saturated carbocycles. The van der Waals surface area contributed by atoms with Crippen LogP contribution in [0.2, 0.25) is 0 Å². The maximum Gasteiger partial charge on any atom is 0.0745 e. The van der Waals surface area contributed by atoms with Gasteiger partial charge in [-0.3, -0.25) is 4.98 Å². The molecule has 3 rings (SSSR count). The van der Waals surface area contributed by atoms with Gasteiger partial charge in [-0.1, -0.05) is 15.9 Å². The van der Waals surface area contributed by atoms with E-state index in [1.807, 2.05) is 19.2 Å². The van der Waals surface area contributed by atoms with Gasteiger partial charge in [0.05, 0.1) is 29.7 Å². The molecule has 1 aliphatic rings. The van der Waals surface area contributed by atoms with Gasteiger partial charge in [0, 0.05) is 30.1 Å². The van der Waals surface area contributed by atoms with E-state index in [2.05, 4.69) is 31.9 Å². The van der Waals surface area contributed by atoms with Crippen molar-refractivity contribution in [3.63, 3.8) is 0 Å². The van der Waals surface area contributed by atoms with Crippen molar-refractivity contribution >= 4 is 38.2 Å². The second-order valence-corrected chi connectivity index (χ2v) is 6.58. The van der Waals surface area contributed by atoms with Crippen molar-refractivity contribution < 1.29 is 4.74 Å². The number of fused-ring (bicyclic) bond motifs is 1. The van der Waals surface area contributed by atoms with Gasteiger partial charge in [0.25, 0.3) is 0 Å².